The van der Waals surface area contributed by atoms with E-state index in [1.165, 1.54) is 6.33 Å². The molecule has 0 aromatic carbocycles. The van der Waals surface area contributed by atoms with Crippen molar-refractivity contribution in [1.82, 2.24) is 15.0 Å². The van der Waals surface area contributed by atoms with Crippen LogP contribution in [-0.2, 0) is 4.74 Å². The highest BCUT2D eigenvalue weighted by atomic mass is 35.5. The maximum absolute atomic E-state index is 9.85. The van der Waals surface area contributed by atoms with E-state index in [1.54, 1.807) is 11.6 Å². The molecule has 8 nitrogen and oxygen atoms in total. The number of aromatic nitrogens is 4. The van der Waals surface area contributed by atoms with Crippen LogP contribution in [0.25, 0.3) is 11.2 Å². The van der Waals surface area contributed by atoms with Crippen molar-refractivity contribution in [2.75, 3.05) is 19.0 Å². The van der Waals surface area contributed by atoms with E-state index in [1.807, 2.05) is 0 Å². The molecule has 1 fully saturated rings. The number of rotatable bonds is 3. The predicted molar refractivity (Wildman–Crippen MR) is 70.3 cm³/mol. The van der Waals surface area contributed by atoms with Crippen LogP contribution in [0, 0.1) is 0 Å². The second-order valence-corrected chi connectivity index (χ2v) is 4.92. The van der Waals surface area contributed by atoms with Gasteiger partial charge in [-0.15, -0.1) is 0 Å². The van der Waals surface area contributed by atoms with E-state index in [4.69, 9.17) is 21.4 Å². The molecule has 9 heteroatoms. The number of nitrogens with zero attached hydrogens (tertiary/aromatic N) is 3. The topological polar surface area (TPSA) is 107 Å². The molecule has 0 amide bonds. The van der Waals surface area contributed by atoms with Gasteiger partial charge < -0.3 is 19.9 Å². The SMILES string of the molecule is CNc1nc2nc[nH]c2c(Cl)[n+]1C1C[C@H](O)[C@@H](CO)O1. The predicted octanol–water partition coefficient (Wildman–Crippen LogP) is -0.419. The summed E-state index contributed by atoms with van der Waals surface area (Å²) in [6, 6.07) is 0. The van der Waals surface area contributed by atoms with E-state index in [9.17, 15) is 5.11 Å². The van der Waals surface area contributed by atoms with Crippen LogP contribution < -0.4 is 9.88 Å². The standard InChI is InChI=1S/C11H14ClN5O3/c1-13-11-16-10-8(14-4-15-10)9(12)17(11)7-2-5(19)6(3-18)20-7/h4-7,18-19H,2-3H2,1H3,(H,13,14,15,16)/p+1/t5-,6+,7?/m0/s1. The molecular weight excluding hydrogens is 286 g/mol. The zero-order valence-corrected chi connectivity index (χ0v) is 11.5. The van der Waals surface area contributed by atoms with E-state index in [0.29, 0.717) is 28.7 Å². The molecule has 1 aliphatic rings. The molecule has 0 saturated carbocycles. The summed E-state index contributed by atoms with van der Waals surface area (Å²) >= 11 is 6.37. The quantitative estimate of drug-likeness (QED) is 0.453. The number of halogens is 1. The molecule has 0 bridgehead atoms. The van der Waals surface area contributed by atoms with Crippen molar-refractivity contribution in [3.63, 3.8) is 0 Å². The van der Waals surface area contributed by atoms with Crippen molar-refractivity contribution < 1.29 is 19.5 Å². The molecule has 0 aliphatic carbocycles. The van der Waals surface area contributed by atoms with Gasteiger partial charge in [0, 0.05) is 6.42 Å². The average molecular weight is 301 g/mol. The number of aliphatic hydroxyl groups is 2. The van der Waals surface area contributed by atoms with Gasteiger partial charge in [0.25, 0.3) is 5.65 Å². The van der Waals surface area contributed by atoms with E-state index in [0.717, 1.165) is 0 Å². The van der Waals surface area contributed by atoms with Gasteiger partial charge in [-0.3, -0.25) is 5.32 Å². The lowest BCUT2D eigenvalue weighted by Gasteiger charge is -2.14. The molecule has 0 radical (unpaired) electrons. The Labute approximate surface area is 119 Å². The highest BCUT2D eigenvalue weighted by Gasteiger charge is 2.39. The lowest BCUT2D eigenvalue weighted by Crippen LogP contribution is -2.44. The summed E-state index contributed by atoms with van der Waals surface area (Å²) in [5.41, 5.74) is 1.09. The van der Waals surface area contributed by atoms with Crippen LogP contribution in [0.2, 0.25) is 5.15 Å². The van der Waals surface area contributed by atoms with Crippen LogP contribution in [0.5, 0.6) is 0 Å². The van der Waals surface area contributed by atoms with Crippen molar-refractivity contribution >= 4 is 28.7 Å². The minimum absolute atomic E-state index is 0.246. The van der Waals surface area contributed by atoms with E-state index < -0.39 is 18.4 Å². The number of imidazole rings is 1. The maximum Gasteiger partial charge on any atom is 0.397 e. The lowest BCUT2D eigenvalue weighted by molar-refractivity contribution is -0.746. The van der Waals surface area contributed by atoms with Gasteiger partial charge in [0.05, 0.1) is 26.1 Å². The van der Waals surface area contributed by atoms with E-state index >= 15 is 0 Å². The number of H-pyrrole nitrogens is 1. The summed E-state index contributed by atoms with van der Waals surface area (Å²) in [4.78, 5) is 11.3. The van der Waals surface area contributed by atoms with Gasteiger partial charge in [-0.2, -0.15) is 4.57 Å². The van der Waals surface area contributed by atoms with Gasteiger partial charge in [0.1, 0.15) is 6.10 Å². The third kappa shape index (κ3) is 2.01. The second kappa shape index (κ2) is 5.13. The molecule has 3 atom stereocenters. The first-order chi connectivity index (χ1) is 9.65. The number of aromatic amines is 1. The zero-order valence-electron chi connectivity index (χ0n) is 10.7. The number of nitrogens with one attached hydrogen (secondary N) is 2. The van der Waals surface area contributed by atoms with Gasteiger partial charge in [0.15, 0.2) is 11.7 Å². The van der Waals surface area contributed by atoms with Crippen molar-refractivity contribution in [2.24, 2.45) is 0 Å². The number of hydrogen-bond acceptors (Lipinski definition) is 6. The number of hydrogen-bond donors (Lipinski definition) is 4. The highest BCUT2D eigenvalue weighted by molar-refractivity contribution is 6.32. The average Bonchev–Trinajstić information content (AvgIpc) is 3.04. The van der Waals surface area contributed by atoms with Gasteiger partial charge in [-0.25, -0.2) is 4.98 Å². The van der Waals surface area contributed by atoms with Gasteiger partial charge in [-0.05, 0) is 16.6 Å². The van der Waals surface area contributed by atoms with Crippen molar-refractivity contribution in [3.05, 3.63) is 11.5 Å². The lowest BCUT2D eigenvalue weighted by atomic mass is 10.2. The molecule has 1 saturated heterocycles. The summed E-state index contributed by atoms with van der Waals surface area (Å²) in [5.74, 6) is 0.477. The Hall–Kier alpha value is -1.48. The Morgan fingerprint density at radius 1 is 1.65 bits per heavy atom. The number of ether oxygens (including phenoxy) is 1. The monoisotopic (exact) mass is 300 g/mol. The largest absolute Gasteiger partial charge is 0.397 e. The molecule has 20 heavy (non-hydrogen) atoms. The maximum atomic E-state index is 9.85. The molecule has 3 heterocycles. The molecule has 2 aromatic rings. The van der Waals surface area contributed by atoms with Crippen LogP contribution in [0.4, 0.5) is 5.95 Å². The fourth-order valence-corrected chi connectivity index (χ4v) is 2.70. The second-order valence-electron chi connectivity index (χ2n) is 4.56. The Bertz CT molecular complexity index is 634. The smallest absolute Gasteiger partial charge is 0.394 e. The molecule has 0 spiro atoms. The first-order valence-electron chi connectivity index (χ1n) is 6.22. The number of fused-ring (bicyclic) bond motifs is 1. The van der Waals surface area contributed by atoms with Crippen LogP contribution in [0.15, 0.2) is 6.33 Å². The molecule has 1 aliphatic heterocycles. The first-order valence-corrected chi connectivity index (χ1v) is 6.59. The van der Waals surface area contributed by atoms with Gasteiger partial charge >= 0.3 is 5.95 Å². The molecule has 4 N–H and O–H groups in total. The van der Waals surface area contributed by atoms with Gasteiger partial charge in [0.2, 0.25) is 5.15 Å². The Morgan fingerprint density at radius 3 is 3.10 bits per heavy atom. The zero-order chi connectivity index (χ0) is 14.3. The number of aliphatic hydroxyl groups excluding tert-OH is 2. The van der Waals surface area contributed by atoms with E-state index in [-0.39, 0.29) is 6.61 Å². The third-order valence-electron chi connectivity index (χ3n) is 3.37. The van der Waals surface area contributed by atoms with Gasteiger partial charge in [-0.1, -0.05) is 0 Å². The first kappa shape index (κ1) is 13.5. The van der Waals surface area contributed by atoms with Crippen molar-refractivity contribution in [3.8, 4) is 0 Å². The summed E-state index contributed by atoms with van der Waals surface area (Å²) in [5, 5.41) is 22.3. The molecular formula is C11H15ClN5O3+. The molecule has 108 valence electrons. The van der Waals surface area contributed by atoms with E-state index in [2.05, 4.69) is 20.3 Å². The summed E-state index contributed by atoms with van der Waals surface area (Å²) in [7, 11) is 1.71. The Kier molecular flexibility index (Phi) is 3.47. The summed E-state index contributed by atoms with van der Waals surface area (Å²) < 4.78 is 7.26. The molecule has 2 aromatic heterocycles. The van der Waals surface area contributed by atoms with Crippen LogP contribution >= 0.6 is 11.6 Å². The van der Waals surface area contributed by atoms with Crippen LogP contribution in [-0.4, -0.2) is 51.0 Å². The summed E-state index contributed by atoms with van der Waals surface area (Å²) in [6.45, 7) is -0.246. The highest BCUT2D eigenvalue weighted by Crippen LogP contribution is 2.28. The van der Waals surface area contributed by atoms with Crippen LogP contribution in [0.1, 0.15) is 12.6 Å². The Morgan fingerprint density at radius 2 is 2.45 bits per heavy atom. The van der Waals surface area contributed by atoms with Crippen molar-refractivity contribution in [2.45, 2.75) is 24.9 Å². The normalized spacial score (nSPS) is 26.3. The van der Waals surface area contributed by atoms with Crippen molar-refractivity contribution in [1.29, 1.82) is 0 Å². The third-order valence-corrected chi connectivity index (χ3v) is 3.74. The minimum atomic E-state index is -0.740. The summed E-state index contributed by atoms with van der Waals surface area (Å²) in [6.07, 6.45) is -0.0291. The minimum Gasteiger partial charge on any atom is -0.394 e. The fourth-order valence-electron chi connectivity index (χ4n) is 2.37. The Balaban J connectivity index is 2.08. The molecule has 1 unspecified atom stereocenters. The fraction of sp³-hybridized carbons (Fsp3) is 0.545. The molecule has 3 rings (SSSR count). The van der Waals surface area contributed by atoms with Crippen LogP contribution in [0.3, 0.4) is 0 Å². The number of anilines is 1.